The van der Waals surface area contributed by atoms with Gasteiger partial charge < -0.3 is 14.8 Å². The van der Waals surface area contributed by atoms with Crippen LogP contribution in [0.15, 0.2) is 18.2 Å². The summed E-state index contributed by atoms with van der Waals surface area (Å²) in [7, 11) is -1.41. The van der Waals surface area contributed by atoms with Gasteiger partial charge in [0.05, 0.1) is 6.61 Å². The van der Waals surface area contributed by atoms with Gasteiger partial charge in [-0.1, -0.05) is 26.3 Å². The number of rotatable bonds is 5. The topological polar surface area (TPSA) is 49.7 Å². The Hall–Kier alpha value is -0.995. The molecule has 0 aliphatic rings. The van der Waals surface area contributed by atoms with Crippen LogP contribution in [0, 0.1) is 12.8 Å². The quantitative estimate of drug-likeness (QED) is 0.733. The van der Waals surface area contributed by atoms with Gasteiger partial charge in [0.15, 0.2) is 0 Å². The van der Waals surface area contributed by atoms with Gasteiger partial charge in [0.2, 0.25) is 0 Å². The van der Waals surface area contributed by atoms with Crippen molar-refractivity contribution in [3.05, 3.63) is 23.8 Å². The van der Waals surface area contributed by atoms with Crippen LogP contribution >= 0.6 is 0 Å². The molecule has 0 bridgehead atoms. The van der Waals surface area contributed by atoms with Gasteiger partial charge in [-0.2, -0.15) is 0 Å². The SMILES string of the molecule is CCC(C)COc1ccc(B(O)O)c(C)c1. The summed E-state index contributed by atoms with van der Waals surface area (Å²) in [6, 6.07) is 5.28. The van der Waals surface area contributed by atoms with E-state index in [1.807, 2.05) is 13.0 Å². The smallest absolute Gasteiger partial charge is 0.488 e. The summed E-state index contributed by atoms with van der Waals surface area (Å²) < 4.78 is 5.61. The summed E-state index contributed by atoms with van der Waals surface area (Å²) in [6.07, 6.45) is 1.09. The maximum atomic E-state index is 9.07. The largest absolute Gasteiger partial charge is 0.493 e. The third-order valence-corrected chi connectivity index (χ3v) is 2.75. The molecule has 1 aromatic rings. The van der Waals surface area contributed by atoms with Gasteiger partial charge in [0.1, 0.15) is 5.75 Å². The van der Waals surface area contributed by atoms with Gasteiger partial charge in [0.25, 0.3) is 0 Å². The lowest BCUT2D eigenvalue weighted by Gasteiger charge is -2.12. The van der Waals surface area contributed by atoms with E-state index in [1.165, 1.54) is 0 Å². The molecule has 0 saturated carbocycles. The average molecular weight is 222 g/mol. The Bertz CT molecular complexity index is 339. The van der Waals surface area contributed by atoms with Crippen molar-refractivity contribution in [1.29, 1.82) is 0 Å². The molecule has 4 heteroatoms. The molecular weight excluding hydrogens is 203 g/mol. The van der Waals surface area contributed by atoms with Crippen molar-refractivity contribution in [2.24, 2.45) is 5.92 Å². The van der Waals surface area contributed by atoms with Crippen molar-refractivity contribution in [2.45, 2.75) is 27.2 Å². The number of hydrogen-bond donors (Lipinski definition) is 2. The minimum Gasteiger partial charge on any atom is -0.493 e. The highest BCUT2D eigenvalue weighted by Gasteiger charge is 2.14. The zero-order chi connectivity index (χ0) is 12.1. The lowest BCUT2D eigenvalue weighted by molar-refractivity contribution is 0.256. The first-order chi connectivity index (χ1) is 7.54. The van der Waals surface area contributed by atoms with Gasteiger partial charge in [0, 0.05) is 0 Å². The molecule has 0 amide bonds. The van der Waals surface area contributed by atoms with Gasteiger partial charge in [-0.25, -0.2) is 0 Å². The van der Waals surface area contributed by atoms with Crippen LogP contribution in [0.3, 0.4) is 0 Å². The molecule has 1 unspecified atom stereocenters. The highest BCUT2D eigenvalue weighted by molar-refractivity contribution is 6.59. The minimum atomic E-state index is -1.41. The zero-order valence-electron chi connectivity index (χ0n) is 10.1. The number of aryl methyl sites for hydroxylation is 1. The van der Waals surface area contributed by atoms with Crippen molar-refractivity contribution in [3.63, 3.8) is 0 Å². The van der Waals surface area contributed by atoms with E-state index in [2.05, 4.69) is 13.8 Å². The molecule has 0 fully saturated rings. The predicted molar refractivity (Wildman–Crippen MR) is 66.0 cm³/mol. The van der Waals surface area contributed by atoms with Crippen molar-refractivity contribution >= 4 is 12.6 Å². The van der Waals surface area contributed by atoms with Gasteiger partial charge in [-0.3, -0.25) is 0 Å². The Balaban J connectivity index is 2.66. The molecule has 0 radical (unpaired) electrons. The molecule has 0 saturated heterocycles. The summed E-state index contributed by atoms with van der Waals surface area (Å²) in [4.78, 5) is 0. The second-order valence-corrected chi connectivity index (χ2v) is 4.22. The van der Waals surface area contributed by atoms with E-state index in [0.29, 0.717) is 18.0 Å². The monoisotopic (exact) mass is 222 g/mol. The van der Waals surface area contributed by atoms with Crippen LogP contribution in [0.25, 0.3) is 0 Å². The molecule has 1 aromatic carbocycles. The highest BCUT2D eigenvalue weighted by atomic mass is 16.5. The predicted octanol–water partition coefficient (Wildman–Crippen LogP) is 1.10. The maximum absolute atomic E-state index is 9.07. The van der Waals surface area contributed by atoms with E-state index in [4.69, 9.17) is 14.8 Å². The fourth-order valence-electron chi connectivity index (χ4n) is 1.38. The fraction of sp³-hybridized carbons (Fsp3) is 0.500. The van der Waals surface area contributed by atoms with Crippen LogP contribution in [0.1, 0.15) is 25.8 Å². The first-order valence-electron chi connectivity index (χ1n) is 5.64. The Morgan fingerprint density at radius 3 is 2.56 bits per heavy atom. The van der Waals surface area contributed by atoms with Gasteiger partial charge >= 0.3 is 7.12 Å². The van der Waals surface area contributed by atoms with Crippen molar-refractivity contribution in [3.8, 4) is 5.75 Å². The molecule has 0 spiro atoms. The molecule has 2 N–H and O–H groups in total. The van der Waals surface area contributed by atoms with E-state index in [1.54, 1.807) is 12.1 Å². The molecule has 0 heterocycles. The molecule has 1 atom stereocenters. The van der Waals surface area contributed by atoms with Crippen LogP contribution in [-0.4, -0.2) is 23.8 Å². The first-order valence-corrected chi connectivity index (χ1v) is 5.64. The van der Waals surface area contributed by atoms with Crippen LogP contribution in [-0.2, 0) is 0 Å². The molecule has 0 aliphatic heterocycles. The van der Waals surface area contributed by atoms with Gasteiger partial charge in [-0.05, 0) is 36.0 Å². The second kappa shape index (κ2) is 5.92. The summed E-state index contributed by atoms with van der Waals surface area (Å²) in [6.45, 7) is 6.80. The third kappa shape index (κ3) is 3.54. The minimum absolute atomic E-state index is 0.524. The molecule has 16 heavy (non-hydrogen) atoms. The molecular formula is C12H19BO3. The number of hydrogen-bond acceptors (Lipinski definition) is 3. The summed E-state index contributed by atoms with van der Waals surface area (Å²) in [5, 5.41) is 18.1. The van der Waals surface area contributed by atoms with Crippen LogP contribution in [0.4, 0.5) is 0 Å². The van der Waals surface area contributed by atoms with E-state index in [0.717, 1.165) is 17.7 Å². The highest BCUT2D eigenvalue weighted by Crippen LogP contribution is 2.13. The van der Waals surface area contributed by atoms with E-state index in [-0.39, 0.29) is 0 Å². The van der Waals surface area contributed by atoms with Gasteiger partial charge in [-0.15, -0.1) is 0 Å². The molecule has 0 aromatic heterocycles. The Labute approximate surface area is 97.2 Å². The average Bonchev–Trinajstić information content (AvgIpc) is 2.25. The Kier molecular flexibility index (Phi) is 4.84. The van der Waals surface area contributed by atoms with E-state index in [9.17, 15) is 0 Å². The lowest BCUT2D eigenvalue weighted by atomic mass is 9.77. The Morgan fingerprint density at radius 2 is 2.06 bits per heavy atom. The van der Waals surface area contributed by atoms with Crippen molar-refractivity contribution < 1.29 is 14.8 Å². The maximum Gasteiger partial charge on any atom is 0.488 e. The Morgan fingerprint density at radius 1 is 1.38 bits per heavy atom. The van der Waals surface area contributed by atoms with Crippen molar-refractivity contribution in [2.75, 3.05) is 6.61 Å². The van der Waals surface area contributed by atoms with Crippen LogP contribution in [0.5, 0.6) is 5.75 Å². The molecule has 88 valence electrons. The van der Waals surface area contributed by atoms with Crippen LogP contribution < -0.4 is 10.2 Å². The third-order valence-electron chi connectivity index (χ3n) is 2.75. The normalized spacial score (nSPS) is 12.3. The lowest BCUT2D eigenvalue weighted by Crippen LogP contribution is -2.31. The first kappa shape index (κ1) is 13.1. The van der Waals surface area contributed by atoms with Crippen molar-refractivity contribution in [1.82, 2.24) is 0 Å². The van der Waals surface area contributed by atoms with E-state index >= 15 is 0 Å². The standard InChI is InChI=1S/C12H19BO3/c1-4-9(2)8-16-11-5-6-12(13(14)15)10(3)7-11/h5-7,9,14-15H,4,8H2,1-3H3. The summed E-state index contributed by atoms with van der Waals surface area (Å²) in [5.41, 5.74) is 1.35. The summed E-state index contributed by atoms with van der Waals surface area (Å²) in [5.74, 6) is 1.31. The number of benzene rings is 1. The fourth-order valence-corrected chi connectivity index (χ4v) is 1.38. The summed E-state index contributed by atoms with van der Waals surface area (Å²) >= 11 is 0. The number of ether oxygens (including phenoxy) is 1. The molecule has 0 aliphatic carbocycles. The van der Waals surface area contributed by atoms with E-state index < -0.39 is 7.12 Å². The second-order valence-electron chi connectivity index (χ2n) is 4.22. The zero-order valence-corrected chi connectivity index (χ0v) is 10.1. The molecule has 3 nitrogen and oxygen atoms in total. The van der Waals surface area contributed by atoms with Crippen LogP contribution in [0.2, 0.25) is 0 Å². The molecule has 1 rings (SSSR count).